The minimum atomic E-state index is -1.71. The van der Waals surface area contributed by atoms with E-state index >= 15 is 0 Å². The number of hydrogen-bond acceptors (Lipinski definition) is 16. The van der Waals surface area contributed by atoms with Crippen molar-refractivity contribution in [3.05, 3.63) is 11.6 Å². The summed E-state index contributed by atoms with van der Waals surface area (Å²) < 4.78 is 49.5. The minimum Gasteiger partial charge on any atom is -0.388 e. The van der Waals surface area contributed by atoms with Crippen LogP contribution in [0.3, 0.4) is 0 Å². The lowest BCUT2D eigenvalue weighted by Crippen LogP contribution is -2.65. The van der Waals surface area contributed by atoms with Crippen LogP contribution >= 0.6 is 0 Å². The van der Waals surface area contributed by atoms with Gasteiger partial charge in [-0.15, -0.1) is 0 Å². The summed E-state index contributed by atoms with van der Waals surface area (Å²) in [5.74, 6) is 2.71. The average Bonchev–Trinajstić information content (AvgIpc) is 3.68. The monoisotopic (exact) mass is 868 g/mol. The van der Waals surface area contributed by atoms with Crippen LogP contribution in [0.25, 0.3) is 0 Å². The molecule has 0 aromatic carbocycles. The van der Waals surface area contributed by atoms with Gasteiger partial charge in [0, 0.05) is 12.3 Å². The molecule has 0 aromatic heterocycles. The Hall–Kier alpha value is -0.900. The zero-order chi connectivity index (χ0) is 43.5. The third-order valence-electron chi connectivity index (χ3n) is 17.6. The van der Waals surface area contributed by atoms with Gasteiger partial charge in [0.2, 0.25) is 0 Å². The van der Waals surface area contributed by atoms with Crippen molar-refractivity contribution in [3.63, 3.8) is 0 Å². The van der Waals surface area contributed by atoms with Gasteiger partial charge in [-0.1, -0.05) is 39.3 Å². The Balaban J connectivity index is 0.880. The Labute approximate surface area is 358 Å². The molecule has 0 unspecified atom stereocenters. The van der Waals surface area contributed by atoms with Gasteiger partial charge in [0.05, 0.1) is 37.6 Å². The zero-order valence-electron chi connectivity index (χ0n) is 36.5. The Morgan fingerprint density at radius 3 is 2.03 bits per heavy atom. The smallest absolute Gasteiger partial charge is 0.187 e. The molecular formula is C45H72O16. The molecule has 3 saturated carbocycles. The number of rotatable bonds is 7. The normalized spacial score (nSPS) is 58.4. The largest absolute Gasteiger partial charge is 0.388 e. The van der Waals surface area contributed by atoms with Gasteiger partial charge in [-0.25, -0.2) is 0 Å². The number of hydrogen-bond donors (Lipinski definition) is 8. The van der Waals surface area contributed by atoms with Crippen molar-refractivity contribution in [2.24, 2.45) is 46.3 Å². The van der Waals surface area contributed by atoms with E-state index in [4.69, 9.17) is 37.9 Å². The summed E-state index contributed by atoms with van der Waals surface area (Å²) in [5, 5.41) is 85.8. The van der Waals surface area contributed by atoms with E-state index in [0.717, 1.165) is 38.7 Å². The van der Waals surface area contributed by atoms with Crippen molar-refractivity contribution in [1.29, 1.82) is 0 Å². The van der Waals surface area contributed by atoms with Crippen LogP contribution in [-0.2, 0) is 37.9 Å². The number of aliphatic hydroxyl groups is 8. The molecule has 5 saturated heterocycles. The number of aliphatic hydroxyl groups excluding tert-OH is 8. The quantitative estimate of drug-likeness (QED) is 0.168. The Morgan fingerprint density at radius 1 is 0.689 bits per heavy atom. The maximum Gasteiger partial charge on any atom is 0.187 e. The third-order valence-corrected chi connectivity index (χ3v) is 17.6. The fourth-order valence-electron chi connectivity index (χ4n) is 13.9. The second-order valence-electron chi connectivity index (χ2n) is 21.1. The summed E-state index contributed by atoms with van der Waals surface area (Å²) in [6.07, 6.45) is -10.00. The maximum absolute atomic E-state index is 11.6. The van der Waals surface area contributed by atoms with Crippen LogP contribution in [0.4, 0.5) is 0 Å². The first-order valence-corrected chi connectivity index (χ1v) is 23.2. The molecule has 0 radical (unpaired) electrons. The molecule has 348 valence electrons. The predicted molar refractivity (Wildman–Crippen MR) is 213 cm³/mol. The van der Waals surface area contributed by atoms with Crippen molar-refractivity contribution >= 4 is 0 Å². The van der Waals surface area contributed by atoms with E-state index < -0.39 is 105 Å². The van der Waals surface area contributed by atoms with Gasteiger partial charge < -0.3 is 78.7 Å². The minimum absolute atomic E-state index is 0.00517. The van der Waals surface area contributed by atoms with Gasteiger partial charge in [-0.2, -0.15) is 0 Å². The molecule has 9 rings (SSSR count). The predicted octanol–water partition coefficient (Wildman–Crippen LogP) is 1.24. The summed E-state index contributed by atoms with van der Waals surface area (Å²) in [4.78, 5) is 0. The van der Waals surface area contributed by atoms with Gasteiger partial charge in [0.15, 0.2) is 24.7 Å². The van der Waals surface area contributed by atoms with Gasteiger partial charge in [-0.3, -0.25) is 0 Å². The van der Waals surface area contributed by atoms with Gasteiger partial charge >= 0.3 is 0 Å². The molecule has 26 atom stereocenters. The molecule has 0 aromatic rings. The topological polar surface area (TPSA) is 236 Å². The molecule has 4 aliphatic carbocycles. The number of fused-ring (bicyclic) bond motifs is 7. The highest BCUT2D eigenvalue weighted by Crippen LogP contribution is 2.70. The Bertz CT molecular complexity index is 1590. The molecule has 16 heteroatoms. The third kappa shape index (κ3) is 7.52. The molecule has 9 aliphatic rings. The maximum atomic E-state index is 11.6. The molecule has 61 heavy (non-hydrogen) atoms. The van der Waals surface area contributed by atoms with E-state index in [2.05, 4.69) is 33.8 Å². The highest BCUT2D eigenvalue weighted by atomic mass is 16.8. The van der Waals surface area contributed by atoms with Crippen LogP contribution in [-0.4, -0.2) is 164 Å². The SMILES string of the molecule is C[C@H]1CC[C@@]2(OC1)O[C@H]1C[C@H]3[C@@H]4CC=C5C[C@@H](O[C@@H]6O[C@H](CO[C@@H]7O[C@@H](C)[C@H](O)[C@@H](O)[C@H]7O)[C@@H](O[C@@H]7O[C@@H](C)[C@H](O)[C@@H](O)[C@H]7O)[C@H](O)[C@H]6O)CC[C@]5(C)[C@H]4CC[C@]3(C)[C@H]1[C@@H]2C. The molecule has 8 N–H and O–H groups in total. The first kappa shape index (κ1) is 45.3. The van der Waals surface area contributed by atoms with Crippen molar-refractivity contribution in [1.82, 2.24) is 0 Å². The van der Waals surface area contributed by atoms with Gasteiger partial charge in [0.25, 0.3) is 0 Å². The van der Waals surface area contributed by atoms with E-state index in [1.807, 2.05) is 0 Å². The van der Waals surface area contributed by atoms with Gasteiger partial charge in [-0.05, 0) is 106 Å². The molecule has 0 bridgehead atoms. The van der Waals surface area contributed by atoms with Crippen LogP contribution in [0, 0.1) is 46.3 Å². The molecule has 16 nitrogen and oxygen atoms in total. The standard InChI is InChI=1S/C45H72O16/c1-19-9-14-45(55-17-19)20(2)30-28(61-45)16-27-25-8-7-23-15-24(10-12-43(23,5)26(25)11-13-44(27,30)6)58-42-38(53)35(50)39(60-41-37(52)34(49)32(47)22(4)57-41)29(59-42)18-54-40-36(51)33(48)31(46)21(3)56-40/h7,19-22,24-42,46-53H,8-18H2,1-6H3/t19-,20-,21-,22-,24-,25+,26-,27-,28-,29+,30-,31-,32-,33+,34+,35+,36+,37+,38+,39+,40+,41-,42+,43-,44-,45+/m0/s1. The fourth-order valence-corrected chi connectivity index (χ4v) is 13.9. The molecule has 5 heterocycles. The van der Waals surface area contributed by atoms with Crippen molar-refractivity contribution in [2.75, 3.05) is 13.2 Å². The van der Waals surface area contributed by atoms with Gasteiger partial charge in [0.1, 0.15) is 61.0 Å². The van der Waals surface area contributed by atoms with E-state index in [9.17, 15) is 40.9 Å². The molecule has 1 spiro atoms. The fraction of sp³-hybridized carbons (Fsp3) is 0.956. The van der Waals surface area contributed by atoms with Crippen LogP contribution in [0.5, 0.6) is 0 Å². The molecular weight excluding hydrogens is 796 g/mol. The molecule has 5 aliphatic heterocycles. The Morgan fingerprint density at radius 2 is 1.34 bits per heavy atom. The van der Waals surface area contributed by atoms with E-state index in [1.165, 1.54) is 32.3 Å². The lowest BCUT2D eigenvalue weighted by molar-refractivity contribution is -0.368. The summed E-state index contributed by atoms with van der Waals surface area (Å²) >= 11 is 0. The first-order valence-electron chi connectivity index (χ1n) is 23.2. The Kier molecular flexibility index (Phi) is 12.4. The van der Waals surface area contributed by atoms with Crippen molar-refractivity contribution in [3.8, 4) is 0 Å². The van der Waals surface area contributed by atoms with E-state index in [-0.39, 0.29) is 23.0 Å². The van der Waals surface area contributed by atoms with Crippen molar-refractivity contribution < 1.29 is 78.7 Å². The van der Waals surface area contributed by atoms with Crippen LogP contribution in [0.1, 0.15) is 99.3 Å². The number of allylic oxidation sites excluding steroid dienone is 1. The summed E-state index contributed by atoms with van der Waals surface area (Å²) in [5.41, 5.74) is 1.58. The lowest BCUT2D eigenvalue weighted by atomic mass is 9.47. The highest BCUT2D eigenvalue weighted by Gasteiger charge is 2.69. The molecule has 8 fully saturated rings. The average molecular weight is 869 g/mol. The summed E-state index contributed by atoms with van der Waals surface area (Å²) in [6, 6.07) is 0. The second kappa shape index (κ2) is 16.8. The van der Waals surface area contributed by atoms with Crippen molar-refractivity contribution in [2.45, 2.75) is 209 Å². The second-order valence-corrected chi connectivity index (χ2v) is 21.1. The summed E-state index contributed by atoms with van der Waals surface area (Å²) in [6.45, 7) is 13.0. The lowest BCUT2D eigenvalue weighted by Gasteiger charge is -2.58. The van der Waals surface area contributed by atoms with Crippen LogP contribution < -0.4 is 0 Å². The first-order chi connectivity index (χ1) is 28.9. The highest BCUT2D eigenvalue weighted by molar-refractivity contribution is 5.26. The van der Waals surface area contributed by atoms with E-state index in [1.54, 1.807) is 0 Å². The number of ether oxygens (including phenoxy) is 8. The van der Waals surface area contributed by atoms with Crippen LogP contribution in [0.2, 0.25) is 0 Å². The zero-order valence-corrected chi connectivity index (χ0v) is 36.5. The van der Waals surface area contributed by atoms with Crippen LogP contribution in [0.15, 0.2) is 11.6 Å². The molecule has 0 amide bonds. The van der Waals surface area contributed by atoms with E-state index in [0.29, 0.717) is 48.3 Å². The summed E-state index contributed by atoms with van der Waals surface area (Å²) in [7, 11) is 0.